The lowest BCUT2D eigenvalue weighted by Crippen LogP contribution is -2.00. The van der Waals surface area contributed by atoms with Crippen molar-refractivity contribution < 1.29 is 0 Å². The Balaban J connectivity index is 1.06. The number of pyridine rings is 2. The van der Waals surface area contributed by atoms with E-state index in [0.717, 1.165) is 50.1 Å². The second-order valence-corrected chi connectivity index (χ2v) is 14.7. The molecule has 0 radical (unpaired) electrons. The van der Waals surface area contributed by atoms with Gasteiger partial charge in [-0.25, -0.2) is 15.0 Å². The van der Waals surface area contributed by atoms with Crippen molar-refractivity contribution in [3.05, 3.63) is 188 Å². The van der Waals surface area contributed by atoms with Crippen LogP contribution in [0.4, 0.5) is 0 Å². The van der Waals surface area contributed by atoms with Crippen molar-refractivity contribution in [1.29, 1.82) is 5.26 Å². The highest BCUT2D eigenvalue weighted by molar-refractivity contribution is 7.26. The average Bonchev–Trinajstić information content (AvgIpc) is 3.69. The van der Waals surface area contributed by atoms with E-state index in [2.05, 4.69) is 107 Å². The van der Waals surface area contributed by atoms with E-state index in [4.69, 9.17) is 15.0 Å². The van der Waals surface area contributed by atoms with Gasteiger partial charge < -0.3 is 0 Å². The van der Waals surface area contributed by atoms with Gasteiger partial charge in [0.05, 0.1) is 11.6 Å². The highest BCUT2D eigenvalue weighted by Gasteiger charge is 2.17. The van der Waals surface area contributed by atoms with Crippen molar-refractivity contribution in [2.45, 2.75) is 0 Å². The first-order valence-corrected chi connectivity index (χ1v) is 19.3. The van der Waals surface area contributed by atoms with Gasteiger partial charge in [0.2, 0.25) is 0 Å². The Morgan fingerprint density at radius 2 is 0.842 bits per heavy atom. The molecule has 57 heavy (non-hydrogen) atoms. The van der Waals surface area contributed by atoms with Gasteiger partial charge in [0.1, 0.15) is 0 Å². The van der Waals surface area contributed by atoms with Crippen LogP contribution in [0.1, 0.15) is 5.56 Å². The van der Waals surface area contributed by atoms with Crippen LogP contribution in [-0.4, -0.2) is 24.9 Å². The molecule has 10 aromatic rings. The fourth-order valence-electron chi connectivity index (χ4n) is 7.30. The number of fused-ring (bicyclic) bond motifs is 3. The average molecular weight is 747 g/mol. The first kappa shape index (κ1) is 33.9. The zero-order chi connectivity index (χ0) is 38.1. The van der Waals surface area contributed by atoms with Crippen LogP contribution < -0.4 is 0 Å². The summed E-state index contributed by atoms with van der Waals surface area (Å²) in [4.78, 5) is 23.5. The quantitative estimate of drug-likeness (QED) is 0.161. The van der Waals surface area contributed by atoms with Crippen molar-refractivity contribution in [2.75, 3.05) is 0 Å². The molecule has 0 saturated carbocycles. The van der Waals surface area contributed by atoms with Gasteiger partial charge in [-0.3, -0.25) is 9.97 Å². The van der Waals surface area contributed by atoms with Crippen LogP contribution in [0, 0.1) is 11.3 Å². The molecule has 7 heteroatoms. The Morgan fingerprint density at radius 3 is 1.35 bits per heavy atom. The Bertz CT molecular complexity index is 3040. The Labute approximate surface area is 333 Å². The summed E-state index contributed by atoms with van der Waals surface area (Å²) in [6, 6.07) is 56.1. The van der Waals surface area contributed by atoms with Gasteiger partial charge in [0, 0.05) is 72.8 Å². The summed E-state index contributed by atoms with van der Waals surface area (Å²) in [7, 11) is 0. The molecule has 266 valence electrons. The van der Waals surface area contributed by atoms with Gasteiger partial charge in [-0.05, 0) is 88.0 Å². The van der Waals surface area contributed by atoms with Crippen molar-refractivity contribution in [3.63, 3.8) is 0 Å². The van der Waals surface area contributed by atoms with E-state index < -0.39 is 0 Å². The smallest absolute Gasteiger partial charge is 0.164 e. The second-order valence-electron chi connectivity index (χ2n) is 13.7. The van der Waals surface area contributed by atoms with E-state index in [1.54, 1.807) is 12.1 Å². The topological polar surface area (TPSA) is 88.2 Å². The monoisotopic (exact) mass is 746 g/mol. The summed E-state index contributed by atoms with van der Waals surface area (Å²) < 4.78 is 2.48. The van der Waals surface area contributed by atoms with Crippen LogP contribution in [-0.2, 0) is 0 Å². The molecule has 0 fully saturated rings. The molecule has 0 aliphatic rings. The van der Waals surface area contributed by atoms with E-state index in [1.165, 1.54) is 31.3 Å². The summed E-state index contributed by atoms with van der Waals surface area (Å²) in [6.07, 6.45) is 7.45. The highest BCUT2D eigenvalue weighted by atomic mass is 32.1. The lowest BCUT2D eigenvalue weighted by Gasteiger charge is -2.11. The predicted molar refractivity (Wildman–Crippen MR) is 231 cm³/mol. The Morgan fingerprint density at radius 1 is 0.386 bits per heavy atom. The predicted octanol–water partition coefficient (Wildman–Crippen LogP) is 12.6. The van der Waals surface area contributed by atoms with Gasteiger partial charge in [0.15, 0.2) is 17.5 Å². The third kappa shape index (κ3) is 6.50. The molecule has 0 unspecified atom stereocenters. The molecule has 6 nitrogen and oxygen atoms in total. The molecule has 0 spiro atoms. The maximum Gasteiger partial charge on any atom is 0.164 e. The third-order valence-electron chi connectivity index (χ3n) is 10.2. The van der Waals surface area contributed by atoms with Gasteiger partial charge in [-0.1, -0.05) is 103 Å². The largest absolute Gasteiger partial charge is 0.264 e. The fraction of sp³-hybridized carbons (Fsp3) is 0. The fourth-order valence-corrected chi connectivity index (χ4v) is 8.67. The van der Waals surface area contributed by atoms with Crippen molar-refractivity contribution in [2.24, 2.45) is 0 Å². The summed E-state index contributed by atoms with van der Waals surface area (Å²) in [5.41, 5.74) is 12.2. The lowest BCUT2D eigenvalue weighted by atomic mass is 9.93. The minimum Gasteiger partial charge on any atom is -0.264 e. The number of hydrogen-bond acceptors (Lipinski definition) is 7. The van der Waals surface area contributed by atoms with Crippen LogP contribution in [0.2, 0.25) is 0 Å². The van der Waals surface area contributed by atoms with Crippen molar-refractivity contribution in [1.82, 2.24) is 24.9 Å². The summed E-state index contributed by atoms with van der Waals surface area (Å²) >= 11 is 1.83. The van der Waals surface area contributed by atoms with Crippen molar-refractivity contribution >= 4 is 31.5 Å². The number of thiophene rings is 1. The highest BCUT2D eigenvalue weighted by Crippen LogP contribution is 2.45. The van der Waals surface area contributed by atoms with Crippen LogP contribution >= 0.6 is 11.3 Å². The number of benzene rings is 6. The molecule has 0 saturated heterocycles. The molecule has 0 N–H and O–H groups in total. The molecule has 4 heterocycles. The standard InChI is InChI=1S/C50H30N6S/c51-29-32-16-18-35(19-17-32)49-54-48(34-8-2-1-3-9-34)55-50(56-49)36-22-20-33(21-23-36)42-12-4-14-44-45-15-5-13-43(47(45)57-46(42)44)41-27-39(37-10-6-24-52-30-37)26-40(28-41)38-11-7-25-53-31-38/h1-28,30-31H. The zero-order valence-electron chi connectivity index (χ0n) is 30.4. The van der Waals surface area contributed by atoms with E-state index in [9.17, 15) is 5.26 Å². The summed E-state index contributed by atoms with van der Waals surface area (Å²) in [5, 5.41) is 11.8. The van der Waals surface area contributed by atoms with E-state index in [1.807, 2.05) is 90.7 Å². The molecule has 0 aliphatic carbocycles. The molecular formula is C50H30N6S. The third-order valence-corrected chi connectivity index (χ3v) is 11.4. The van der Waals surface area contributed by atoms with E-state index >= 15 is 0 Å². The first-order valence-electron chi connectivity index (χ1n) is 18.5. The van der Waals surface area contributed by atoms with Crippen LogP contribution in [0.5, 0.6) is 0 Å². The molecular weight excluding hydrogens is 717 g/mol. The van der Waals surface area contributed by atoms with Gasteiger partial charge in [0.25, 0.3) is 0 Å². The first-order chi connectivity index (χ1) is 28.2. The molecule has 10 rings (SSSR count). The molecule has 6 aromatic carbocycles. The van der Waals surface area contributed by atoms with Gasteiger partial charge in [-0.2, -0.15) is 5.26 Å². The maximum absolute atomic E-state index is 9.34. The molecule has 4 aromatic heterocycles. The summed E-state index contributed by atoms with van der Waals surface area (Å²) in [5.74, 6) is 1.73. The number of nitriles is 1. The Hall–Kier alpha value is -7.66. The van der Waals surface area contributed by atoms with E-state index in [0.29, 0.717) is 23.0 Å². The normalized spacial score (nSPS) is 11.1. The zero-order valence-corrected chi connectivity index (χ0v) is 31.2. The van der Waals surface area contributed by atoms with Crippen molar-refractivity contribution in [3.8, 4) is 84.7 Å². The maximum atomic E-state index is 9.34. The van der Waals surface area contributed by atoms with Gasteiger partial charge >= 0.3 is 0 Å². The molecule has 0 amide bonds. The number of rotatable bonds is 7. The molecule has 0 bridgehead atoms. The minimum absolute atomic E-state index is 0.553. The van der Waals surface area contributed by atoms with E-state index in [-0.39, 0.29) is 0 Å². The van der Waals surface area contributed by atoms with Crippen LogP contribution in [0.25, 0.3) is 98.8 Å². The SMILES string of the molecule is N#Cc1ccc(-c2nc(-c3ccccc3)nc(-c3ccc(-c4cccc5c4sc4c(-c6cc(-c7cccnc7)cc(-c7cccnc7)c6)cccc45)cc3)n2)cc1. The second kappa shape index (κ2) is 14.5. The van der Waals surface area contributed by atoms with Gasteiger partial charge in [-0.15, -0.1) is 11.3 Å². The number of hydrogen-bond donors (Lipinski definition) is 0. The summed E-state index contributed by atoms with van der Waals surface area (Å²) in [6.45, 7) is 0. The van der Waals surface area contributed by atoms with Crippen LogP contribution in [0.3, 0.4) is 0 Å². The Kier molecular flexibility index (Phi) is 8.64. The lowest BCUT2D eigenvalue weighted by molar-refractivity contribution is 1.07. The molecule has 0 atom stereocenters. The van der Waals surface area contributed by atoms with Crippen LogP contribution in [0.15, 0.2) is 183 Å². The molecule has 0 aliphatic heterocycles. The minimum atomic E-state index is 0.553. The number of nitrogens with zero attached hydrogens (tertiary/aromatic N) is 6. The number of aromatic nitrogens is 5.